The van der Waals surface area contributed by atoms with Crippen molar-refractivity contribution in [2.45, 2.75) is 77.1 Å². The molecule has 0 saturated carbocycles. The summed E-state index contributed by atoms with van der Waals surface area (Å²) in [5, 5.41) is 9.05. The predicted molar refractivity (Wildman–Crippen MR) is 59.2 cm³/mol. The first-order chi connectivity index (χ1) is 7.33. The van der Waals surface area contributed by atoms with E-state index in [1.54, 1.807) is 0 Å². The van der Waals surface area contributed by atoms with Gasteiger partial charge in [-0.2, -0.15) is 0 Å². The highest BCUT2D eigenvalue weighted by Crippen LogP contribution is 2.20. The molecular formula is C12H24O3. The molecule has 1 rings (SSSR count). The van der Waals surface area contributed by atoms with E-state index in [1.807, 2.05) is 0 Å². The first-order valence-electron chi connectivity index (χ1n) is 6.33. The van der Waals surface area contributed by atoms with Gasteiger partial charge in [0.25, 0.3) is 0 Å². The van der Waals surface area contributed by atoms with Crippen LogP contribution >= 0.6 is 0 Å². The Morgan fingerprint density at radius 3 is 2.27 bits per heavy atom. The summed E-state index contributed by atoms with van der Waals surface area (Å²) in [5.74, 6) is 0. The van der Waals surface area contributed by atoms with Crippen molar-refractivity contribution in [2.24, 2.45) is 0 Å². The molecule has 15 heavy (non-hydrogen) atoms. The van der Waals surface area contributed by atoms with E-state index in [4.69, 9.17) is 9.99 Å². The van der Waals surface area contributed by atoms with Crippen LogP contribution in [0.2, 0.25) is 0 Å². The van der Waals surface area contributed by atoms with Crippen molar-refractivity contribution in [3.8, 4) is 0 Å². The lowest BCUT2D eigenvalue weighted by atomic mass is 10.1. The lowest BCUT2D eigenvalue weighted by Crippen LogP contribution is -2.06. The molecule has 1 aliphatic rings. The number of aliphatic hydroxyl groups is 1. The molecule has 1 heterocycles. The number of aliphatic hydroxyl groups excluding tert-OH is 1. The summed E-state index contributed by atoms with van der Waals surface area (Å²) >= 11 is 0. The molecule has 1 aliphatic heterocycles. The number of hydrogen-bond donors (Lipinski definition) is 1. The number of unbranched alkanes of at least 4 members (excludes halogenated alkanes) is 6. The summed E-state index contributed by atoms with van der Waals surface area (Å²) in [5.41, 5.74) is 0. The van der Waals surface area contributed by atoms with Gasteiger partial charge in [0, 0.05) is 6.42 Å². The zero-order chi connectivity index (χ0) is 10.9. The van der Waals surface area contributed by atoms with Crippen LogP contribution in [0.5, 0.6) is 0 Å². The molecule has 0 amide bonds. The van der Waals surface area contributed by atoms with Gasteiger partial charge in [0.1, 0.15) is 0 Å². The zero-order valence-corrected chi connectivity index (χ0v) is 9.78. The molecule has 0 aromatic carbocycles. The van der Waals surface area contributed by atoms with Crippen LogP contribution in [0.4, 0.5) is 0 Å². The molecule has 3 nitrogen and oxygen atoms in total. The fourth-order valence-corrected chi connectivity index (χ4v) is 1.94. The van der Waals surface area contributed by atoms with Gasteiger partial charge in [-0.1, -0.05) is 51.9 Å². The Morgan fingerprint density at radius 2 is 1.67 bits per heavy atom. The maximum atomic E-state index is 9.05. The van der Waals surface area contributed by atoms with E-state index in [0.717, 1.165) is 6.42 Å². The quantitative estimate of drug-likeness (QED) is 0.500. The third kappa shape index (κ3) is 6.13. The van der Waals surface area contributed by atoms with E-state index in [0.29, 0.717) is 6.42 Å². The molecule has 1 N–H and O–H groups in total. The Kier molecular flexibility index (Phi) is 6.98. The minimum absolute atomic E-state index is 0.121. The Balaban J connectivity index is 1.81. The van der Waals surface area contributed by atoms with E-state index in [1.165, 1.54) is 44.9 Å². The Morgan fingerprint density at radius 1 is 1.00 bits per heavy atom. The third-order valence-corrected chi connectivity index (χ3v) is 2.90. The minimum atomic E-state index is -0.695. The Bertz CT molecular complexity index is 150. The van der Waals surface area contributed by atoms with Crippen molar-refractivity contribution in [2.75, 3.05) is 0 Å². The molecule has 0 radical (unpaired) electrons. The molecule has 2 atom stereocenters. The maximum absolute atomic E-state index is 9.05. The molecule has 0 aliphatic carbocycles. The van der Waals surface area contributed by atoms with Gasteiger partial charge in [0.15, 0.2) is 6.29 Å². The molecule has 0 aromatic rings. The van der Waals surface area contributed by atoms with Crippen molar-refractivity contribution in [3.63, 3.8) is 0 Å². The van der Waals surface area contributed by atoms with Crippen LogP contribution in [0.15, 0.2) is 0 Å². The van der Waals surface area contributed by atoms with Gasteiger partial charge in [-0.05, 0) is 6.42 Å². The average molecular weight is 216 g/mol. The van der Waals surface area contributed by atoms with Crippen LogP contribution in [-0.4, -0.2) is 17.5 Å². The monoisotopic (exact) mass is 216 g/mol. The summed E-state index contributed by atoms with van der Waals surface area (Å²) in [6.45, 7) is 2.24. The summed E-state index contributed by atoms with van der Waals surface area (Å²) in [6, 6.07) is 0. The second kappa shape index (κ2) is 8.08. The summed E-state index contributed by atoms with van der Waals surface area (Å²) in [4.78, 5) is 9.59. The third-order valence-electron chi connectivity index (χ3n) is 2.90. The van der Waals surface area contributed by atoms with Crippen molar-refractivity contribution in [3.05, 3.63) is 0 Å². The molecule has 0 spiro atoms. The molecule has 1 saturated heterocycles. The van der Waals surface area contributed by atoms with Crippen LogP contribution in [0.1, 0.15) is 64.7 Å². The van der Waals surface area contributed by atoms with Gasteiger partial charge in [-0.25, -0.2) is 9.78 Å². The Hall–Kier alpha value is -0.120. The number of hydrogen-bond acceptors (Lipinski definition) is 3. The topological polar surface area (TPSA) is 38.7 Å². The number of rotatable bonds is 8. The second-order valence-corrected chi connectivity index (χ2v) is 4.41. The van der Waals surface area contributed by atoms with E-state index < -0.39 is 6.29 Å². The normalized spacial score (nSPS) is 26.0. The highest BCUT2D eigenvalue weighted by Gasteiger charge is 2.24. The van der Waals surface area contributed by atoms with Crippen LogP contribution in [0.3, 0.4) is 0 Å². The van der Waals surface area contributed by atoms with Crippen molar-refractivity contribution < 1.29 is 14.9 Å². The lowest BCUT2D eigenvalue weighted by molar-refractivity contribution is -0.333. The largest absolute Gasteiger partial charge is 0.366 e. The first kappa shape index (κ1) is 12.9. The van der Waals surface area contributed by atoms with Gasteiger partial charge in [0.05, 0.1) is 6.10 Å². The fourth-order valence-electron chi connectivity index (χ4n) is 1.94. The zero-order valence-electron chi connectivity index (χ0n) is 9.78. The highest BCUT2D eigenvalue weighted by atomic mass is 17.2. The molecule has 90 valence electrons. The lowest BCUT2D eigenvalue weighted by Gasteiger charge is -2.05. The van der Waals surface area contributed by atoms with E-state index in [2.05, 4.69) is 11.8 Å². The van der Waals surface area contributed by atoms with Gasteiger partial charge in [0.2, 0.25) is 0 Å². The minimum Gasteiger partial charge on any atom is -0.366 e. The maximum Gasteiger partial charge on any atom is 0.191 e. The summed E-state index contributed by atoms with van der Waals surface area (Å²) in [6.07, 6.45) is 10.3. The highest BCUT2D eigenvalue weighted by molar-refractivity contribution is 4.62. The van der Waals surface area contributed by atoms with Crippen LogP contribution in [-0.2, 0) is 9.78 Å². The smallest absolute Gasteiger partial charge is 0.191 e. The molecule has 0 aromatic heterocycles. The molecule has 3 heteroatoms. The standard InChI is InChI=1S/C12H24O3/c1-2-3-4-5-6-7-8-9-11-10-12(13)15-14-11/h11-13H,2-10H2,1H3. The second-order valence-electron chi connectivity index (χ2n) is 4.41. The van der Waals surface area contributed by atoms with Crippen molar-refractivity contribution in [1.29, 1.82) is 0 Å². The van der Waals surface area contributed by atoms with Crippen molar-refractivity contribution in [1.82, 2.24) is 0 Å². The van der Waals surface area contributed by atoms with Gasteiger partial charge < -0.3 is 5.11 Å². The first-order valence-corrected chi connectivity index (χ1v) is 6.33. The molecule has 0 bridgehead atoms. The SMILES string of the molecule is CCCCCCCCCC1CC(O)OO1. The molecular weight excluding hydrogens is 192 g/mol. The van der Waals surface area contributed by atoms with E-state index in [9.17, 15) is 0 Å². The van der Waals surface area contributed by atoms with Gasteiger partial charge >= 0.3 is 0 Å². The van der Waals surface area contributed by atoms with Crippen LogP contribution in [0, 0.1) is 0 Å². The van der Waals surface area contributed by atoms with E-state index >= 15 is 0 Å². The van der Waals surface area contributed by atoms with Gasteiger partial charge in [-0.3, -0.25) is 0 Å². The Labute approximate surface area is 92.7 Å². The van der Waals surface area contributed by atoms with Crippen LogP contribution in [0.25, 0.3) is 0 Å². The summed E-state index contributed by atoms with van der Waals surface area (Å²) in [7, 11) is 0. The molecule has 1 fully saturated rings. The molecule has 2 unspecified atom stereocenters. The van der Waals surface area contributed by atoms with Crippen molar-refractivity contribution >= 4 is 0 Å². The predicted octanol–water partition coefficient (Wildman–Crippen LogP) is 3.17. The van der Waals surface area contributed by atoms with Gasteiger partial charge in [-0.15, -0.1) is 0 Å². The fraction of sp³-hybridized carbons (Fsp3) is 1.00. The summed E-state index contributed by atoms with van der Waals surface area (Å²) < 4.78 is 0. The van der Waals surface area contributed by atoms with E-state index in [-0.39, 0.29) is 6.10 Å². The van der Waals surface area contributed by atoms with Crippen LogP contribution < -0.4 is 0 Å². The average Bonchev–Trinajstić information content (AvgIpc) is 2.63.